The van der Waals surface area contributed by atoms with Crippen molar-refractivity contribution < 1.29 is 14.3 Å². The minimum absolute atomic E-state index is 0.283. The highest BCUT2D eigenvalue weighted by Crippen LogP contribution is 2.18. The van der Waals surface area contributed by atoms with Crippen molar-refractivity contribution in [2.45, 2.75) is 27.4 Å². The molecule has 0 aromatic heterocycles. The van der Waals surface area contributed by atoms with Crippen LogP contribution in [-0.4, -0.2) is 54.9 Å². The molecule has 2 rings (SSSR count). The van der Waals surface area contributed by atoms with Gasteiger partial charge in [-0.25, -0.2) is 4.79 Å². The molecule has 22 heavy (non-hydrogen) atoms. The first-order valence-corrected chi connectivity index (χ1v) is 7.57. The zero-order chi connectivity index (χ0) is 16.1. The summed E-state index contributed by atoms with van der Waals surface area (Å²) in [6.45, 7) is 9.31. The first kappa shape index (κ1) is 16.5. The zero-order valence-electron chi connectivity index (χ0n) is 13.5. The molecule has 5 nitrogen and oxygen atoms in total. The fourth-order valence-corrected chi connectivity index (χ4v) is 2.84. The van der Waals surface area contributed by atoms with E-state index in [4.69, 9.17) is 4.74 Å². The van der Waals surface area contributed by atoms with Crippen LogP contribution >= 0.6 is 0 Å². The number of hydrogen-bond donors (Lipinski definition) is 0. The maximum Gasteiger partial charge on any atom is 0.410 e. The number of amides is 1. The second-order valence-electron chi connectivity index (χ2n) is 5.84. The van der Waals surface area contributed by atoms with Crippen molar-refractivity contribution in [2.75, 3.05) is 32.7 Å². The van der Waals surface area contributed by atoms with E-state index in [1.165, 1.54) is 5.56 Å². The highest BCUT2D eigenvalue weighted by molar-refractivity contribution is 5.68. The van der Waals surface area contributed by atoms with Crippen molar-refractivity contribution in [3.8, 4) is 0 Å². The lowest BCUT2D eigenvalue weighted by Gasteiger charge is -2.32. The zero-order valence-corrected chi connectivity index (χ0v) is 13.5. The lowest BCUT2D eigenvalue weighted by atomic mass is 10.0. The molecule has 1 amide bonds. The van der Waals surface area contributed by atoms with Gasteiger partial charge in [0.05, 0.1) is 6.54 Å². The number of hydrogen-bond acceptors (Lipinski definition) is 4. The fraction of sp³-hybridized carbons (Fsp3) is 0.529. The highest BCUT2D eigenvalue weighted by atomic mass is 16.6. The van der Waals surface area contributed by atoms with Gasteiger partial charge in [-0.1, -0.05) is 17.7 Å². The van der Waals surface area contributed by atoms with Crippen LogP contribution in [0.25, 0.3) is 0 Å². The number of ether oxygens (including phenoxy) is 1. The number of piperazine rings is 1. The molecule has 1 aromatic rings. The van der Waals surface area contributed by atoms with Crippen LogP contribution in [0, 0.1) is 20.8 Å². The van der Waals surface area contributed by atoms with Crippen LogP contribution < -0.4 is 0 Å². The maximum atomic E-state index is 12.1. The van der Waals surface area contributed by atoms with Crippen LogP contribution in [0.1, 0.15) is 22.3 Å². The summed E-state index contributed by atoms with van der Waals surface area (Å²) in [6.07, 6.45) is 1.60. The third-order valence-electron chi connectivity index (χ3n) is 4.10. The van der Waals surface area contributed by atoms with Gasteiger partial charge in [-0.05, 0) is 37.5 Å². The van der Waals surface area contributed by atoms with Crippen molar-refractivity contribution in [2.24, 2.45) is 0 Å². The van der Waals surface area contributed by atoms with E-state index in [0.29, 0.717) is 39.3 Å². The van der Waals surface area contributed by atoms with Gasteiger partial charge in [0.25, 0.3) is 0 Å². The molecule has 0 spiro atoms. The van der Waals surface area contributed by atoms with E-state index in [9.17, 15) is 9.59 Å². The molecule has 1 heterocycles. The van der Waals surface area contributed by atoms with E-state index in [-0.39, 0.29) is 6.09 Å². The van der Waals surface area contributed by atoms with Crippen molar-refractivity contribution in [3.63, 3.8) is 0 Å². The van der Waals surface area contributed by atoms with Crippen molar-refractivity contribution in [1.82, 2.24) is 9.80 Å². The smallest absolute Gasteiger partial charge is 0.410 e. The van der Waals surface area contributed by atoms with Crippen molar-refractivity contribution >= 4 is 12.4 Å². The molecule has 5 heteroatoms. The molecule has 119 valence electrons. The van der Waals surface area contributed by atoms with E-state index in [0.717, 1.165) is 16.7 Å². The Morgan fingerprint density at radius 2 is 1.73 bits per heavy atom. The van der Waals surface area contributed by atoms with Crippen LogP contribution in [-0.2, 0) is 16.1 Å². The van der Waals surface area contributed by atoms with Gasteiger partial charge in [0, 0.05) is 26.2 Å². The molecule has 1 saturated heterocycles. The molecule has 1 aromatic carbocycles. The standard InChI is InChI=1S/C17H23N2O3/c1-13-10-14(2)16(15(3)11-13)12-22-17(21)19-6-4-18(5-7-19)8-9-20/h10-11H,4-8,12H2,1-3H3. The molecule has 0 N–H and O–H groups in total. The van der Waals surface area contributed by atoms with Crippen molar-refractivity contribution in [1.29, 1.82) is 0 Å². The van der Waals surface area contributed by atoms with E-state index < -0.39 is 0 Å². The summed E-state index contributed by atoms with van der Waals surface area (Å²) in [5.41, 5.74) is 4.59. The maximum absolute atomic E-state index is 12.1. The molecule has 1 aliphatic rings. The Balaban J connectivity index is 1.87. The largest absolute Gasteiger partial charge is 0.445 e. The Morgan fingerprint density at radius 1 is 1.14 bits per heavy atom. The van der Waals surface area contributed by atoms with Gasteiger partial charge in [-0.15, -0.1) is 0 Å². The van der Waals surface area contributed by atoms with E-state index in [1.807, 2.05) is 25.0 Å². The van der Waals surface area contributed by atoms with Gasteiger partial charge in [0.1, 0.15) is 6.61 Å². The second-order valence-corrected chi connectivity index (χ2v) is 5.84. The van der Waals surface area contributed by atoms with Gasteiger partial charge in [-0.3, -0.25) is 9.69 Å². The SMILES string of the molecule is Cc1cc(C)c(COC(=O)N2CCN(C[C]=O)CC2)c(C)c1. The Kier molecular flexibility index (Phi) is 5.55. The molecule has 1 aliphatic heterocycles. The number of aryl methyl sites for hydroxylation is 3. The first-order chi connectivity index (χ1) is 10.5. The topological polar surface area (TPSA) is 49.9 Å². The van der Waals surface area contributed by atoms with Gasteiger partial charge < -0.3 is 9.64 Å². The number of benzene rings is 1. The van der Waals surface area contributed by atoms with Crippen LogP contribution in [0.2, 0.25) is 0 Å². The Morgan fingerprint density at radius 3 is 2.27 bits per heavy atom. The van der Waals surface area contributed by atoms with Crippen LogP contribution in [0.15, 0.2) is 12.1 Å². The molecule has 1 radical (unpaired) electrons. The average Bonchev–Trinajstić information content (AvgIpc) is 2.47. The molecule has 0 unspecified atom stereocenters. The van der Waals surface area contributed by atoms with Crippen molar-refractivity contribution in [3.05, 3.63) is 34.4 Å². The van der Waals surface area contributed by atoms with Gasteiger partial charge in [0.15, 0.2) is 0 Å². The fourth-order valence-electron chi connectivity index (χ4n) is 2.84. The summed E-state index contributed by atoms with van der Waals surface area (Å²) in [7, 11) is 0. The average molecular weight is 303 g/mol. The van der Waals surface area contributed by atoms with E-state index in [2.05, 4.69) is 19.1 Å². The third-order valence-corrected chi connectivity index (χ3v) is 4.10. The molecular formula is C17H23N2O3. The minimum atomic E-state index is -0.283. The minimum Gasteiger partial charge on any atom is -0.445 e. The summed E-state index contributed by atoms with van der Waals surface area (Å²) in [5.74, 6) is 0. The number of rotatable bonds is 4. The van der Waals surface area contributed by atoms with Crippen LogP contribution in [0.5, 0.6) is 0 Å². The van der Waals surface area contributed by atoms with Crippen LogP contribution in [0.4, 0.5) is 4.79 Å². The third kappa shape index (κ3) is 4.07. The number of nitrogens with zero attached hydrogens (tertiary/aromatic N) is 2. The number of carbonyl (C=O) groups is 1. The molecule has 0 saturated carbocycles. The highest BCUT2D eigenvalue weighted by Gasteiger charge is 2.22. The molecule has 0 aliphatic carbocycles. The summed E-state index contributed by atoms with van der Waals surface area (Å²) in [6, 6.07) is 4.20. The number of carbonyl (C=O) groups excluding carboxylic acids is 2. The molecule has 0 atom stereocenters. The predicted molar refractivity (Wildman–Crippen MR) is 84.5 cm³/mol. The summed E-state index contributed by atoms with van der Waals surface area (Å²) in [4.78, 5) is 26.2. The lowest BCUT2D eigenvalue weighted by molar-refractivity contribution is 0.0746. The molecular weight excluding hydrogens is 280 g/mol. The summed E-state index contributed by atoms with van der Waals surface area (Å²) < 4.78 is 5.46. The molecule has 0 bridgehead atoms. The Labute approximate surface area is 131 Å². The monoisotopic (exact) mass is 303 g/mol. The first-order valence-electron chi connectivity index (χ1n) is 7.57. The van der Waals surface area contributed by atoms with Gasteiger partial charge in [0.2, 0.25) is 6.29 Å². The second kappa shape index (κ2) is 7.40. The molecule has 1 fully saturated rings. The van der Waals surface area contributed by atoms with Crippen LogP contribution in [0.3, 0.4) is 0 Å². The van der Waals surface area contributed by atoms with Gasteiger partial charge >= 0.3 is 6.09 Å². The Bertz CT molecular complexity index is 526. The van der Waals surface area contributed by atoms with E-state index >= 15 is 0 Å². The Hall–Kier alpha value is -1.88. The normalized spacial score (nSPS) is 15.7. The van der Waals surface area contributed by atoms with E-state index in [1.54, 1.807) is 4.90 Å². The summed E-state index contributed by atoms with van der Waals surface area (Å²) in [5, 5.41) is 0. The van der Waals surface area contributed by atoms with Gasteiger partial charge in [-0.2, -0.15) is 0 Å². The lowest BCUT2D eigenvalue weighted by Crippen LogP contribution is -2.49. The quantitative estimate of drug-likeness (QED) is 0.853. The summed E-state index contributed by atoms with van der Waals surface area (Å²) >= 11 is 0. The predicted octanol–water partition coefficient (Wildman–Crippen LogP) is 1.98.